The molecule has 4 atom stereocenters. The molecule has 1 rings (SSSR count). The van der Waals surface area contributed by atoms with Crippen molar-refractivity contribution in [3.05, 3.63) is 12.2 Å². The minimum Gasteiger partial charge on any atom is -0.123 e. The smallest absolute Gasteiger partial charge is 0.0724 e. The van der Waals surface area contributed by atoms with Crippen LogP contribution < -0.4 is 0 Å². The second-order valence-corrected chi connectivity index (χ2v) is 5.13. The lowest BCUT2D eigenvalue weighted by atomic mass is 9.77. The zero-order chi connectivity index (χ0) is 10.6. The number of halogens is 2. The fourth-order valence-electron chi connectivity index (χ4n) is 1.90. The predicted molar refractivity (Wildman–Crippen MR) is 65.6 cm³/mol. The molecule has 0 N–H and O–H groups in total. The third-order valence-corrected chi connectivity index (χ3v) is 3.83. The SMILES string of the molecule is [B]C1C(Cl)CC(Cl)C1C/C=C\CCC. The maximum absolute atomic E-state index is 6.18. The van der Waals surface area contributed by atoms with Crippen LogP contribution in [-0.2, 0) is 0 Å². The highest BCUT2D eigenvalue weighted by atomic mass is 35.5. The van der Waals surface area contributed by atoms with E-state index < -0.39 is 0 Å². The standard InChI is InChI=1S/C11H17BCl2/c1-2-3-4-5-6-8-9(13)7-10(14)11(8)12/h4-5,8-11H,2-3,6-7H2,1H3/b5-4-. The largest absolute Gasteiger partial charge is 0.123 e. The molecule has 0 bridgehead atoms. The van der Waals surface area contributed by atoms with Crippen molar-refractivity contribution in [3.63, 3.8) is 0 Å². The van der Waals surface area contributed by atoms with Crippen LogP contribution in [0.4, 0.5) is 0 Å². The quantitative estimate of drug-likeness (QED) is 0.390. The summed E-state index contributed by atoms with van der Waals surface area (Å²) in [6, 6.07) is 0. The van der Waals surface area contributed by atoms with Gasteiger partial charge in [0.2, 0.25) is 0 Å². The second kappa shape index (κ2) is 6.07. The molecule has 0 aliphatic heterocycles. The average Bonchev–Trinajstić information content (AvgIpc) is 2.38. The molecule has 14 heavy (non-hydrogen) atoms. The van der Waals surface area contributed by atoms with Crippen molar-refractivity contribution >= 4 is 31.0 Å². The summed E-state index contributed by atoms with van der Waals surface area (Å²) in [6.45, 7) is 2.17. The zero-order valence-electron chi connectivity index (χ0n) is 8.63. The van der Waals surface area contributed by atoms with Crippen LogP contribution in [0.5, 0.6) is 0 Å². The van der Waals surface area contributed by atoms with Gasteiger partial charge in [-0.05, 0) is 25.2 Å². The molecule has 1 fully saturated rings. The van der Waals surface area contributed by atoms with Gasteiger partial charge < -0.3 is 0 Å². The maximum Gasteiger partial charge on any atom is 0.0724 e. The van der Waals surface area contributed by atoms with Crippen LogP contribution in [0.15, 0.2) is 12.2 Å². The fourth-order valence-corrected chi connectivity index (χ4v) is 2.83. The first kappa shape index (κ1) is 12.5. The van der Waals surface area contributed by atoms with Crippen molar-refractivity contribution in [3.8, 4) is 0 Å². The molecule has 1 saturated carbocycles. The van der Waals surface area contributed by atoms with Gasteiger partial charge in [-0.25, -0.2) is 0 Å². The van der Waals surface area contributed by atoms with Crippen LogP contribution in [0.3, 0.4) is 0 Å². The molecule has 0 nitrogen and oxygen atoms in total. The lowest BCUT2D eigenvalue weighted by molar-refractivity contribution is 0.564. The molecular weight excluding hydrogens is 214 g/mol. The van der Waals surface area contributed by atoms with Gasteiger partial charge in [0.05, 0.1) is 7.85 Å². The summed E-state index contributed by atoms with van der Waals surface area (Å²) in [5.41, 5.74) is 0. The van der Waals surface area contributed by atoms with Gasteiger partial charge in [-0.2, -0.15) is 0 Å². The van der Waals surface area contributed by atoms with Gasteiger partial charge in [-0.3, -0.25) is 0 Å². The molecule has 0 spiro atoms. The highest BCUT2D eigenvalue weighted by Gasteiger charge is 2.37. The highest BCUT2D eigenvalue weighted by molar-refractivity contribution is 6.29. The summed E-state index contributed by atoms with van der Waals surface area (Å²) in [4.78, 5) is 0. The Labute approximate surface area is 98.5 Å². The van der Waals surface area contributed by atoms with Gasteiger partial charge in [0.25, 0.3) is 0 Å². The van der Waals surface area contributed by atoms with E-state index in [1.807, 2.05) is 0 Å². The van der Waals surface area contributed by atoms with E-state index in [0.29, 0.717) is 5.92 Å². The summed E-state index contributed by atoms with van der Waals surface area (Å²) < 4.78 is 0. The molecule has 3 heteroatoms. The number of allylic oxidation sites excluding steroid dienone is 2. The highest BCUT2D eigenvalue weighted by Crippen LogP contribution is 2.43. The van der Waals surface area contributed by atoms with Crippen molar-refractivity contribution in [2.75, 3.05) is 0 Å². The van der Waals surface area contributed by atoms with E-state index in [-0.39, 0.29) is 16.6 Å². The fraction of sp³-hybridized carbons (Fsp3) is 0.818. The van der Waals surface area contributed by atoms with E-state index in [1.54, 1.807) is 0 Å². The Hall–Kier alpha value is 0.385. The summed E-state index contributed by atoms with van der Waals surface area (Å²) in [7, 11) is 5.98. The van der Waals surface area contributed by atoms with Crippen LogP contribution in [0.1, 0.15) is 32.6 Å². The molecule has 0 amide bonds. The van der Waals surface area contributed by atoms with Crippen LogP contribution in [0, 0.1) is 5.92 Å². The van der Waals surface area contributed by atoms with E-state index in [9.17, 15) is 0 Å². The van der Waals surface area contributed by atoms with Crippen molar-refractivity contribution in [2.24, 2.45) is 5.92 Å². The number of alkyl halides is 2. The van der Waals surface area contributed by atoms with Crippen LogP contribution >= 0.6 is 23.2 Å². The Morgan fingerprint density at radius 3 is 2.50 bits per heavy atom. The third kappa shape index (κ3) is 3.20. The number of rotatable bonds is 4. The molecule has 2 radical (unpaired) electrons. The van der Waals surface area contributed by atoms with Gasteiger partial charge >= 0.3 is 0 Å². The van der Waals surface area contributed by atoms with Crippen molar-refractivity contribution in [1.29, 1.82) is 0 Å². The molecule has 0 heterocycles. The van der Waals surface area contributed by atoms with Gasteiger partial charge in [0.15, 0.2) is 0 Å². The first-order chi connectivity index (χ1) is 6.66. The van der Waals surface area contributed by atoms with Crippen molar-refractivity contribution < 1.29 is 0 Å². The summed E-state index contributed by atoms with van der Waals surface area (Å²) in [5, 5.41) is 0.209. The lowest BCUT2D eigenvalue weighted by Crippen LogP contribution is -2.12. The van der Waals surface area contributed by atoms with E-state index in [1.165, 1.54) is 6.42 Å². The van der Waals surface area contributed by atoms with E-state index in [2.05, 4.69) is 19.1 Å². The first-order valence-electron chi connectivity index (χ1n) is 5.35. The summed E-state index contributed by atoms with van der Waals surface area (Å²) in [6.07, 6.45) is 8.54. The van der Waals surface area contributed by atoms with Gasteiger partial charge in [-0.15, -0.1) is 23.2 Å². The molecule has 0 aromatic rings. The Morgan fingerprint density at radius 2 is 2.00 bits per heavy atom. The Morgan fingerprint density at radius 1 is 1.29 bits per heavy atom. The predicted octanol–water partition coefficient (Wildman–Crippen LogP) is 3.92. The Bertz CT molecular complexity index is 194. The molecule has 4 unspecified atom stereocenters. The molecule has 0 aromatic heterocycles. The van der Waals surface area contributed by atoms with Crippen LogP contribution in [0.2, 0.25) is 5.82 Å². The topological polar surface area (TPSA) is 0 Å². The molecule has 0 aromatic carbocycles. The number of hydrogen-bond acceptors (Lipinski definition) is 0. The Kier molecular flexibility index (Phi) is 5.40. The minimum absolute atomic E-state index is 0.0575. The zero-order valence-corrected chi connectivity index (χ0v) is 10.1. The van der Waals surface area contributed by atoms with Crippen molar-refractivity contribution in [1.82, 2.24) is 0 Å². The number of unbranched alkanes of at least 4 members (excludes halogenated alkanes) is 1. The second-order valence-electron chi connectivity index (χ2n) is 4.00. The van der Waals surface area contributed by atoms with Crippen molar-refractivity contribution in [2.45, 2.75) is 49.2 Å². The Balaban J connectivity index is 2.36. The average molecular weight is 231 g/mol. The normalized spacial score (nSPS) is 38.2. The number of hydrogen-bond donors (Lipinski definition) is 0. The van der Waals surface area contributed by atoms with E-state index >= 15 is 0 Å². The van der Waals surface area contributed by atoms with Gasteiger partial charge in [0.1, 0.15) is 0 Å². The third-order valence-electron chi connectivity index (χ3n) is 2.86. The van der Waals surface area contributed by atoms with Crippen LogP contribution in [-0.4, -0.2) is 18.6 Å². The molecule has 78 valence electrons. The summed E-state index contributed by atoms with van der Waals surface area (Å²) >= 11 is 12.2. The summed E-state index contributed by atoms with van der Waals surface area (Å²) in [5.74, 6) is 0.415. The van der Waals surface area contributed by atoms with E-state index in [0.717, 1.165) is 19.3 Å². The first-order valence-corrected chi connectivity index (χ1v) is 6.22. The molecule has 1 aliphatic carbocycles. The lowest BCUT2D eigenvalue weighted by Gasteiger charge is -2.17. The molecular formula is C11H17BCl2. The maximum atomic E-state index is 6.18. The molecule has 0 saturated heterocycles. The van der Waals surface area contributed by atoms with Gasteiger partial charge in [-0.1, -0.05) is 31.3 Å². The molecule has 1 aliphatic rings. The monoisotopic (exact) mass is 230 g/mol. The van der Waals surface area contributed by atoms with E-state index in [4.69, 9.17) is 31.0 Å². The van der Waals surface area contributed by atoms with Crippen LogP contribution in [0.25, 0.3) is 0 Å². The minimum atomic E-state index is 0.0575. The van der Waals surface area contributed by atoms with Gasteiger partial charge in [0, 0.05) is 10.8 Å².